The van der Waals surface area contributed by atoms with Gasteiger partial charge in [-0.3, -0.25) is 14.4 Å². The van der Waals surface area contributed by atoms with Crippen molar-refractivity contribution in [2.45, 2.75) is 88.1 Å². The Morgan fingerprint density at radius 2 is 1.95 bits per heavy atom. The standard InChI is InChI=1S/C28H35F3O5S2/c1-15-10-17-18-12-20(30)19-11-16(32)6-8-24(19,2)27(18,31)21(33)13-25(17,3)28(15,23(35)37-14-29)36-22(34)26(4)7-5-9-38-26/h6,8,11,15,17-18,20-21,33H,5,7,9-10,12-14H2,1-4H3/t15-,17+,18+,20+,21+,24+,25+,26-,27+,28+/m1/s1. The fourth-order valence-electron chi connectivity index (χ4n) is 8.57. The van der Waals surface area contributed by atoms with Crippen LogP contribution in [0.2, 0.25) is 0 Å². The number of hydrogen-bond acceptors (Lipinski definition) is 7. The lowest BCUT2D eigenvalue weighted by Crippen LogP contribution is -2.71. The van der Waals surface area contributed by atoms with Crippen molar-refractivity contribution in [3.63, 3.8) is 0 Å². The lowest BCUT2D eigenvalue weighted by molar-refractivity contribution is -0.229. The number of alkyl halides is 3. The number of carbonyl (C=O) groups is 3. The van der Waals surface area contributed by atoms with E-state index in [1.165, 1.54) is 30.8 Å². The molecule has 38 heavy (non-hydrogen) atoms. The summed E-state index contributed by atoms with van der Waals surface area (Å²) in [5, 5.41) is 10.9. The van der Waals surface area contributed by atoms with Gasteiger partial charge in [0.1, 0.15) is 16.9 Å². The van der Waals surface area contributed by atoms with Crippen LogP contribution in [0.4, 0.5) is 13.2 Å². The number of aliphatic hydroxyl groups is 1. The van der Waals surface area contributed by atoms with Gasteiger partial charge in [-0.1, -0.05) is 19.9 Å². The first-order chi connectivity index (χ1) is 17.7. The van der Waals surface area contributed by atoms with E-state index in [-0.39, 0.29) is 24.8 Å². The van der Waals surface area contributed by atoms with E-state index < -0.39 is 79.8 Å². The average Bonchev–Trinajstić information content (AvgIpc) is 3.39. The molecule has 1 saturated heterocycles. The molecule has 10 heteroatoms. The van der Waals surface area contributed by atoms with Crippen LogP contribution in [0.15, 0.2) is 23.8 Å². The number of rotatable bonds is 4. The van der Waals surface area contributed by atoms with Crippen LogP contribution in [0.25, 0.3) is 0 Å². The third-order valence-electron chi connectivity index (χ3n) is 10.6. The summed E-state index contributed by atoms with van der Waals surface area (Å²) >= 11 is 1.87. The molecule has 0 unspecified atom stereocenters. The third kappa shape index (κ3) is 3.47. The number of ketones is 1. The van der Waals surface area contributed by atoms with E-state index >= 15 is 8.78 Å². The SMILES string of the molecule is C[C@@H]1C[C@H]2[C@@H]3C[C@H](F)C4=CC(=O)C=C[C@]4(C)[C@@]3(F)[C@@H](O)C[C@]2(C)[C@@]1(OC(=O)[C@@]1(C)CCCS1)C(=O)SCF. The summed E-state index contributed by atoms with van der Waals surface area (Å²) in [6.07, 6.45) is 1.59. The first kappa shape index (κ1) is 28.3. The van der Waals surface area contributed by atoms with Crippen molar-refractivity contribution in [2.24, 2.45) is 28.6 Å². The Morgan fingerprint density at radius 3 is 2.58 bits per heavy atom. The number of carbonyl (C=O) groups excluding carboxylic acids is 3. The van der Waals surface area contributed by atoms with Crippen molar-refractivity contribution in [1.29, 1.82) is 0 Å². The topological polar surface area (TPSA) is 80.7 Å². The van der Waals surface area contributed by atoms with E-state index in [9.17, 15) is 23.9 Å². The molecular weight excluding hydrogens is 537 g/mol. The van der Waals surface area contributed by atoms with Gasteiger partial charge in [0.05, 0.1) is 6.10 Å². The summed E-state index contributed by atoms with van der Waals surface area (Å²) < 4.78 is 52.1. The highest BCUT2D eigenvalue weighted by atomic mass is 32.2. The highest BCUT2D eigenvalue weighted by Gasteiger charge is 2.78. The van der Waals surface area contributed by atoms with Crippen molar-refractivity contribution in [3.05, 3.63) is 23.8 Å². The zero-order valence-electron chi connectivity index (χ0n) is 22.1. The highest BCUT2D eigenvalue weighted by Crippen LogP contribution is 2.72. The molecule has 0 aromatic rings. The molecule has 5 rings (SSSR count). The Morgan fingerprint density at radius 1 is 1.24 bits per heavy atom. The van der Waals surface area contributed by atoms with Gasteiger partial charge in [-0.25, -0.2) is 13.2 Å². The summed E-state index contributed by atoms with van der Waals surface area (Å²) in [5.41, 5.74) is -6.91. The molecule has 0 amide bonds. The van der Waals surface area contributed by atoms with E-state index in [0.717, 1.165) is 18.2 Å². The van der Waals surface area contributed by atoms with Gasteiger partial charge in [-0.05, 0) is 87.1 Å². The van der Waals surface area contributed by atoms with E-state index in [1.807, 2.05) is 0 Å². The highest BCUT2D eigenvalue weighted by molar-refractivity contribution is 8.13. The molecule has 5 nitrogen and oxygen atoms in total. The molecule has 4 fully saturated rings. The number of aliphatic hydroxyl groups excluding tert-OH is 1. The van der Waals surface area contributed by atoms with Crippen LogP contribution in [0.5, 0.6) is 0 Å². The number of hydrogen-bond donors (Lipinski definition) is 1. The van der Waals surface area contributed by atoms with Crippen LogP contribution in [-0.4, -0.2) is 62.0 Å². The molecule has 0 radical (unpaired) electrons. The van der Waals surface area contributed by atoms with Gasteiger partial charge in [0.25, 0.3) is 0 Å². The predicted molar refractivity (Wildman–Crippen MR) is 141 cm³/mol. The molecule has 5 aliphatic rings. The van der Waals surface area contributed by atoms with Gasteiger partial charge in [-0.15, -0.1) is 11.8 Å². The molecule has 1 heterocycles. The molecule has 4 aliphatic carbocycles. The Hall–Kier alpha value is -1.26. The molecule has 3 saturated carbocycles. The van der Waals surface area contributed by atoms with Gasteiger partial charge in [-0.2, -0.15) is 0 Å². The van der Waals surface area contributed by atoms with Crippen molar-refractivity contribution >= 4 is 40.4 Å². The molecule has 210 valence electrons. The fraction of sp³-hybridized carbons (Fsp3) is 0.750. The number of thioether (sulfide) groups is 2. The second-order valence-corrected chi connectivity index (χ2v) is 14.8. The molecule has 0 aromatic carbocycles. The Bertz CT molecular complexity index is 1120. The fourth-order valence-corrected chi connectivity index (χ4v) is 10.5. The third-order valence-corrected chi connectivity index (χ3v) is 12.7. The quantitative estimate of drug-likeness (QED) is 0.458. The largest absolute Gasteiger partial charge is 0.448 e. The molecule has 1 aliphatic heterocycles. The minimum atomic E-state index is -2.31. The van der Waals surface area contributed by atoms with Gasteiger partial charge in [0.2, 0.25) is 5.12 Å². The van der Waals surface area contributed by atoms with E-state index in [4.69, 9.17) is 4.74 Å². The number of esters is 1. The Balaban J connectivity index is 1.62. The van der Waals surface area contributed by atoms with Gasteiger partial charge >= 0.3 is 5.97 Å². The maximum Gasteiger partial charge on any atom is 0.322 e. The predicted octanol–water partition coefficient (Wildman–Crippen LogP) is 5.31. The minimum absolute atomic E-state index is 0.0189. The van der Waals surface area contributed by atoms with Crippen LogP contribution in [0.3, 0.4) is 0 Å². The van der Waals surface area contributed by atoms with Gasteiger partial charge in [0, 0.05) is 22.7 Å². The second-order valence-electron chi connectivity index (χ2n) is 12.3. The molecule has 0 bridgehead atoms. The van der Waals surface area contributed by atoms with Crippen LogP contribution in [0, 0.1) is 28.6 Å². The lowest BCUT2D eigenvalue weighted by atomic mass is 9.44. The van der Waals surface area contributed by atoms with E-state index in [2.05, 4.69) is 0 Å². The minimum Gasteiger partial charge on any atom is -0.448 e. The number of allylic oxidation sites excluding steroid dienone is 4. The zero-order valence-corrected chi connectivity index (χ0v) is 23.7. The molecule has 0 spiro atoms. The Labute approximate surface area is 229 Å². The summed E-state index contributed by atoms with van der Waals surface area (Å²) in [4.78, 5) is 39.4. The van der Waals surface area contributed by atoms with Gasteiger partial charge in [0.15, 0.2) is 17.1 Å². The summed E-state index contributed by atoms with van der Waals surface area (Å²) in [5.74, 6) is -2.47. The van der Waals surface area contributed by atoms with Crippen molar-refractivity contribution in [1.82, 2.24) is 0 Å². The van der Waals surface area contributed by atoms with Crippen molar-refractivity contribution in [2.75, 3.05) is 11.8 Å². The monoisotopic (exact) mass is 572 g/mol. The molecule has 10 atom stereocenters. The van der Waals surface area contributed by atoms with E-state index in [1.54, 1.807) is 20.8 Å². The maximum atomic E-state index is 17.5. The molecule has 1 N–H and O–H groups in total. The zero-order chi connectivity index (χ0) is 27.9. The summed E-state index contributed by atoms with van der Waals surface area (Å²) in [6, 6.07) is -1.02. The molecular formula is C28H35F3O5S2. The molecule has 0 aromatic heterocycles. The first-order valence-corrected chi connectivity index (χ1v) is 15.3. The first-order valence-electron chi connectivity index (χ1n) is 13.3. The number of halogens is 3. The number of fused-ring (bicyclic) bond motifs is 5. The number of ether oxygens (including phenoxy) is 1. The van der Waals surface area contributed by atoms with Crippen LogP contribution in [0.1, 0.15) is 59.8 Å². The van der Waals surface area contributed by atoms with E-state index in [0.29, 0.717) is 18.2 Å². The van der Waals surface area contributed by atoms with Crippen LogP contribution >= 0.6 is 23.5 Å². The van der Waals surface area contributed by atoms with Gasteiger partial charge < -0.3 is 9.84 Å². The maximum absolute atomic E-state index is 17.5. The summed E-state index contributed by atoms with van der Waals surface area (Å²) in [6.45, 7) is 6.74. The second kappa shape index (κ2) is 9.13. The normalized spacial score (nSPS) is 49.6. The van der Waals surface area contributed by atoms with Crippen molar-refractivity contribution in [3.8, 4) is 0 Å². The Kier molecular flexibility index (Phi) is 6.79. The summed E-state index contributed by atoms with van der Waals surface area (Å²) in [7, 11) is 0. The lowest BCUT2D eigenvalue weighted by Gasteiger charge is -2.63. The van der Waals surface area contributed by atoms with Crippen LogP contribution in [-0.2, 0) is 19.1 Å². The average molecular weight is 573 g/mol. The smallest absolute Gasteiger partial charge is 0.322 e. The van der Waals surface area contributed by atoms with Crippen molar-refractivity contribution < 1.29 is 37.4 Å². The van der Waals surface area contributed by atoms with Crippen LogP contribution < -0.4 is 0 Å².